The van der Waals surface area contributed by atoms with Gasteiger partial charge in [-0.15, -0.1) is 0 Å². The molecule has 0 aliphatic rings. The van der Waals surface area contributed by atoms with E-state index in [9.17, 15) is 0 Å². The molecule has 0 saturated carbocycles. The lowest BCUT2D eigenvalue weighted by Gasteiger charge is -2.26. The van der Waals surface area contributed by atoms with Crippen molar-refractivity contribution in [3.8, 4) is 11.4 Å². The molecular weight excluding hydrogens is 370 g/mol. The first-order valence-corrected chi connectivity index (χ1v) is 9.88. The Kier molecular flexibility index (Phi) is 4.84. The summed E-state index contributed by atoms with van der Waals surface area (Å²) >= 11 is 0. The van der Waals surface area contributed by atoms with Gasteiger partial charge in [-0.25, -0.2) is 9.36 Å². The molecule has 0 N–H and O–H groups in total. The molecule has 5 aromatic rings. The maximum Gasteiger partial charge on any atom is 0.0666 e. The van der Waals surface area contributed by atoms with E-state index in [0.717, 1.165) is 29.3 Å². The van der Waals surface area contributed by atoms with Crippen LogP contribution < -0.4 is 4.90 Å². The molecule has 0 fully saturated rings. The van der Waals surface area contributed by atoms with E-state index in [4.69, 9.17) is 0 Å². The summed E-state index contributed by atoms with van der Waals surface area (Å²) in [5, 5.41) is 8.76. The van der Waals surface area contributed by atoms with E-state index in [-0.39, 0.29) is 0 Å². The van der Waals surface area contributed by atoms with E-state index in [0.29, 0.717) is 0 Å². The van der Waals surface area contributed by atoms with Crippen LogP contribution in [0.15, 0.2) is 116 Å². The van der Waals surface area contributed by atoms with Crippen LogP contribution >= 0.6 is 0 Å². The topological polar surface area (TPSA) is 38.9 Å². The number of benzene rings is 3. The van der Waals surface area contributed by atoms with E-state index in [2.05, 4.69) is 87.9 Å². The predicted molar refractivity (Wildman–Crippen MR) is 119 cm³/mol. The molecule has 2 heterocycles. The third-order valence-electron chi connectivity index (χ3n) is 5.00. The quantitative estimate of drug-likeness (QED) is 0.389. The monoisotopic (exact) mass is 391 g/mol. The molecule has 0 atom stereocenters. The Bertz CT molecular complexity index is 1130. The molecule has 0 spiro atoms. The van der Waals surface area contributed by atoms with E-state index >= 15 is 0 Å². The molecule has 0 aliphatic heterocycles. The fourth-order valence-corrected chi connectivity index (χ4v) is 3.55. The Morgan fingerprint density at radius 3 is 1.67 bits per heavy atom. The molecule has 5 rings (SSSR count). The van der Waals surface area contributed by atoms with Gasteiger partial charge in [0.1, 0.15) is 0 Å². The molecule has 0 saturated heterocycles. The van der Waals surface area contributed by atoms with E-state index in [1.54, 1.807) is 12.4 Å². The van der Waals surface area contributed by atoms with Crippen LogP contribution in [0.4, 0.5) is 11.4 Å². The second kappa shape index (κ2) is 8.09. The molecule has 146 valence electrons. The van der Waals surface area contributed by atoms with Gasteiger partial charge in [0.25, 0.3) is 0 Å². The molecule has 0 aliphatic carbocycles. The minimum atomic E-state index is 0.756. The summed E-state index contributed by atoms with van der Waals surface area (Å²) in [6, 6.07) is 31.2. The van der Waals surface area contributed by atoms with Crippen molar-refractivity contribution in [3.63, 3.8) is 0 Å². The summed E-state index contributed by atoms with van der Waals surface area (Å²) in [5.41, 5.74) is 5.50. The highest BCUT2D eigenvalue weighted by molar-refractivity contribution is 5.67. The Morgan fingerprint density at radius 2 is 1.17 bits per heavy atom. The lowest BCUT2D eigenvalue weighted by atomic mass is 10.1. The highest BCUT2D eigenvalue weighted by Crippen LogP contribution is 2.30. The fraction of sp³-hybridized carbons (Fsp3) is 0.0400. The highest BCUT2D eigenvalue weighted by atomic mass is 15.3. The van der Waals surface area contributed by atoms with Crippen molar-refractivity contribution in [2.45, 2.75) is 6.54 Å². The number of nitrogens with zero attached hydrogens (tertiary/aromatic N) is 5. The summed E-state index contributed by atoms with van der Waals surface area (Å²) in [4.78, 5) is 2.31. The van der Waals surface area contributed by atoms with Crippen molar-refractivity contribution in [3.05, 3.63) is 121 Å². The number of hydrogen-bond acceptors (Lipinski definition) is 3. The van der Waals surface area contributed by atoms with E-state index in [1.165, 1.54) is 5.56 Å². The third kappa shape index (κ3) is 3.73. The maximum atomic E-state index is 4.38. The molecule has 3 aromatic carbocycles. The SMILES string of the molecule is c1ccc(CN(c2cccc(-n3cccn3)c2)c2cccc(-n3cccn3)c2)cc1. The molecule has 2 aromatic heterocycles. The lowest BCUT2D eigenvalue weighted by Crippen LogP contribution is -2.17. The van der Waals surface area contributed by atoms with Crippen molar-refractivity contribution in [2.75, 3.05) is 4.90 Å². The minimum Gasteiger partial charge on any atom is -0.337 e. The van der Waals surface area contributed by atoms with Crippen molar-refractivity contribution in [1.82, 2.24) is 19.6 Å². The Balaban J connectivity index is 1.58. The first-order chi connectivity index (χ1) is 14.9. The lowest BCUT2D eigenvalue weighted by molar-refractivity contribution is 0.873. The average Bonchev–Trinajstić information content (AvgIpc) is 3.53. The largest absolute Gasteiger partial charge is 0.337 e. The maximum absolute atomic E-state index is 4.38. The van der Waals surface area contributed by atoms with Gasteiger partial charge in [-0.05, 0) is 54.1 Å². The predicted octanol–water partition coefficient (Wildman–Crippen LogP) is 5.40. The summed E-state index contributed by atoms with van der Waals surface area (Å²) in [7, 11) is 0. The average molecular weight is 391 g/mol. The standard InChI is InChI=1S/C25H21N5/c1-2-8-21(9-3-1)20-28(22-10-4-12-24(18-22)29-16-6-14-26-29)23-11-5-13-25(19-23)30-17-7-15-27-30/h1-19H,20H2. The molecule has 0 radical (unpaired) electrons. The molecular formula is C25H21N5. The minimum absolute atomic E-state index is 0.756. The summed E-state index contributed by atoms with van der Waals surface area (Å²) in [5.74, 6) is 0. The first-order valence-electron chi connectivity index (χ1n) is 9.88. The van der Waals surface area contributed by atoms with Crippen molar-refractivity contribution >= 4 is 11.4 Å². The van der Waals surface area contributed by atoms with Crippen LogP contribution in [0.1, 0.15) is 5.56 Å². The molecule has 0 amide bonds. The van der Waals surface area contributed by atoms with E-state index in [1.807, 2.05) is 40.0 Å². The zero-order valence-electron chi connectivity index (χ0n) is 16.4. The number of aromatic nitrogens is 4. The van der Waals surface area contributed by atoms with Gasteiger partial charge in [0, 0.05) is 42.7 Å². The van der Waals surface area contributed by atoms with Gasteiger partial charge in [-0.1, -0.05) is 42.5 Å². The van der Waals surface area contributed by atoms with Crippen LogP contribution in [-0.2, 0) is 6.54 Å². The second-order valence-corrected chi connectivity index (χ2v) is 7.01. The van der Waals surface area contributed by atoms with Gasteiger partial charge in [-0.3, -0.25) is 0 Å². The van der Waals surface area contributed by atoms with Gasteiger partial charge < -0.3 is 4.90 Å². The van der Waals surface area contributed by atoms with Crippen LogP contribution in [0.5, 0.6) is 0 Å². The second-order valence-electron chi connectivity index (χ2n) is 7.01. The Morgan fingerprint density at radius 1 is 0.600 bits per heavy atom. The van der Waals surface area contributed by atoms with Gasteiger partial charge >= 0.3 is 0 Å². The number of rotatable bonds is 6. The smallest absolute Gasteiger partial charge is 0.0666 e. The van der Waals surface area contributed by atoms with Crippen molar-refractivity contribution < 1.29 is 0 Å². The number of anilines is 2. The molecule has 5 heteroatoms. The van der Waals surface area contributed by atoms with E-state index < -0.39 is 0 Å². The van der Waals surface area contributed by atoms with Gasteiger partial charge in [0.15, 0.2) is 0 Å². The summed E-state index contributed by atoms with van der Waals surface area (Å²) in [6.07, 6.45) is 7.50. The van der Waals surface area contributed by atoms with Gasteiger partial charge in [0.2, 0.25) is 0 Å². The zero-order chi connectivity index (χ0) is 20.2. The van der Waals surface area contributed by atoms with Crippen molar-refractivity contribution in [2.24, 2.45) is 0 Å². The van der Waals surface area contributed by atoms with Crippen LogP contribution in [0.25, 0.3) is 11.4 Å². The highest BCUT2D eigenvalue weighted by Gasteiger charge is 2.13. The van der Waals surface area contributed by atoms with Crippen LogP contribution in [-0.4, -0.2) is 19.6 Å². The summed E-state index contributed by atoms with van der Waals surface area (Å²) < 4.78 is 3.76. The molecule has 5 nitrogen and oxygen atoms in total. The molecule has 0 unspecified atom stereocenters. The Labute approximate surface area is 175 Å². The molecule has 30 heavy (non-hydrogen) atoms. The zero-order valence-corrected chi connectivity index (χ0v) is 16.4. The Hall–Kier alpha value is -4.12. The van der Waals surface area contributed by atoms with Crippen LogP contribution in [0.2, 0.25) is 0 Å². The molecule has 0 bridgehead atoms. The normalized spacial score (nSPS) is 10.8. The van der Waals surface area contributed by atoms with Crippen LogP contribution in [0.3, 0.4) is 0 Å². The van der Waals surface area contributed by atoms with Crippen LogP contribution in [0, 0.1) is 0 Å². The number of hydrogen-bond donors (Lipinski definition) is 0. The fourth-order valence-electron chi connectivity index (χ4n) is 3.55. The third-order valence-corrected chi connectivity index (χ3v) is 5.00. The first kappa shape index (κ1) is 17.9. The van der Waals surface area contributed by atoms with Gasteiger partial charge in [-0.2, -0.15) is 10.2 Å². The van der Waals surface area contributed by atoms with Crippen molar-refractivity contribution in [1.29, 1.82) is 0 Å². The summed E-state index contributed by atoms with van der Waals surface area (Å²) in [6.45, 7) is 0.756. The van der Waals surface area contributed by atoms with Gasteiger partial charge in [0.05, 0.1) is 11.4 Å².